The van der Waals surface area contributed by atoms with E-state index in [1.165, 1.54) is 0 Å². The number of rotatable bonds is 7. The van der Waals surface area contributed by atoms with E-state index < -0.39 is 0 Å². The molecule has 1 aromatic rings. The van der Waals surface area contributed by atoms with Crippen LogP contribution in [0, 0.1) is 11.8 Å². The van der Waals surface area contributed by atoms with E-state index in [1.54, 1.807) is 6.20 Å². The Balaban J connectivity index is 1.42. The van der Waals surface area contributed by atoms with Crippen molar-refractivity contribution in [2.24, 2.45) is 11.8 Å². The van der Waals surface area contributed by atoms with E-state index in [1.807, 2.05) is 23.1 Å². The predicted octanol–water partition coefficient (Wildman–Crippen LogP) is 2.84. The molecule has 29 heavy (non-hydrogen) atoms. The molecule has 2 fully saturated rings. The number of carbonyl (C=O) groups excluding carboxylic acids is 2. The number of aromatic nitrogens is 1. The summed E-state index contributed by atoms with van der Waals surface area (Å²) in [5.74, 6) is 1.08. The van der Waals surface area contributed by atoms with E-state index in [2.05, 4.69) is 29.0 Å². The van der Waals surface area contributed by atoms with Crippen LogP contribution >= 0.6 is 0 Å². The summed E-state index contributed by atoms with van der Waals surface area (Å²) >= 11 is 0. The molecule has 0 bridgehead atoms. The van der Waals surface area contributed by atoms with Crippen molar-refractivity contribution in [3.8, 4) is 0 Å². The highest BCUT2D eigenvalue weighted by Gasteiger charge is 2.32. The minimum Gasteiger partial charge on any atom is -0.350 e. The normalized spacial score (nSPS) is 21.3. The monoisotopic (exact) mass is 400 g/mol. The van der Waals surface area contributed by atoms with Crippen LogP contribution in [-0.2, 0) is 16.1 Å². The molecule has 1 N–H and O–H groups in total. The fourth-order valence-corrected chi connectivity index (χ4v) is 4.43. The first-order chi connectivity index (χ1) is 14.0. The van der Waals surface area contributed by atoms with Crippen LogP contribution < -0.4 is 5.32 Å². The number of nitrogens with one attached hydrogen (secondary N) is 1. The topological polar surface area (TPSA) is 65.5 Å². The van der Waals surface area contributed by atoms with Gasteiger partial charge in [0.1, 0.15) is 0 Å². The lowest BCUT2D eigenvalue weighted by Crippen LogP contribution is -2.51. The van der Waals surface area contributed by atoms with Gasteiger partial charge in [0.15, 0.2) is 0 Å². The van der Waals surface area contributed by atoms with Crippen LogP contribution in [0.1, 0.15) is 58.1 Å². The Morgan fingerprint density at radius 1 is 1.17 bits per heavy atom. The van der Waals surface area contributed by atoms with Gasteiger partial charge in [-0.1, -0.05) is 19.9 Å². The molecule has 0 aliphatic carbocycles. The van der Waals surface area contributed by atoms with Gasteiger partial charge < -0.3 is 10.2 Å². The van der Waals surface area contributed by atoms with Gasteiger partial charge in [0.05, 0.1) is 18.2 Å². The van der Waals surface area contributed by atoms with Crippen LogP contribution in [0.4, 0.5) is 0 Å². The van der Waals surface area contributed by atoms with Crippen molar-refractivity contribution in [3.05, 3.63) is 30.1 Å². The average Bonchev–Trinajstić information content (AvgIpc) is 2.76. The minimum absolute atomic E-state index is 0.0539. The second-order valence-electron chi connectivity index (χ2n) is 8.92. The Bertz CT molecular complexity index is 656. The highest BCUT2D eigenvalue weighted by Crippen LogP contribution is 2.24. The SMILES string of the molecule is CC(C)CCC(=O)N1CCC(N2CCC[C@H](C(=O)NCc3ccccn3)C2)CC1. The molecule has 3 rings (SSSR count). The van der Waals surface area contributed by atoms with Crippen molar-refractivity contribution in [2.45, 2.75) is 65.0 Å². The largest absolute Gasteiger partial charge is 0.350 e. The number of hydrogen-bond acceptors (Lipinski definition) is 4. The number of carbonyl (C=O) groups is 2. The molecule has 6 nitrogen and oxygen atoms in total. The van der Waals surface area contributed by atoms with Crippen molar-refractivity contribution in [1.29, 1.82) is 0 Å². The summed E-state index contributed by atoms with van der Waals surface area (Å²) in [5, 5.41) is 3.06. The van der Waals surface area contributed by atoms with Crippen LogP contribution in [0.3, 0.4) is 0 Å². The summed E-state index contributed by atoms with van der Waals surface area (Å²) in [6.07, 6.45) is 7.46. The third-order valence-electron chi connectivity index (χ3n) is 6.26. The standard InChI is InChI=1S/C23H36N4O2/c1-18(2)8-9-22(28)26-14-10-21(11-15-26)27-13-5-6-19(17-27)23(29)25-16-20-7-3-4-12-24-20/h3-4,7,12,18-19,21H,5-6,8-11,13-17H2,1-2H3,(H,25,29)/t19-/m0/s1. The molecule has 160 valence electrons. The van der Waals surface area contributed by atoms with E-state index in [0.717, 1.165) is 64.0 Å². The Kier molecular flexibility index (Phi) is 8.04. The van der Waals surface area contributed by atoms with E-state index in [9.17, 15) is 9.59 Å². The fraction of sp³-hybridized carbons (Fsp3) is 0.696. The summed E-state index contributed by atoms with van der Waals surface area (Å²) in [6, 6.07) is 6.25. The van der Waals surface area contributed by atoms with Crippen molar-refractivity contribution in [3.63, 3.8) is 0 Å². The van der Waals surface area contributed by atoms with Crippen molar-refractivity contribution in [2.75, 3.05) is 26.2 Å². The van der Waals surface area contributed by atoms with Crippen molar-refractivity contribution >= 4 is 11.8 Å². The molecule has 2 amide bonds. The summed E-state index contributed by atoms with van der Waals surface area (Å²) in [4.78, 5) is 33.8. The molecule has 1 aromatic heterocycles. The van der Waals surface area contributed by atoms with Gasteiger partial charge >= 0.3 is 0 Å². The Morgan fingerprint density at radius 2 is 1.97 bits per heavy atom. The Hall–Kier alpha value is -1.95. The van der Waals surface area contributed by atoms with Crippen LogP contribution in [0.5, 0.6) is 0 Å². The number of likely N-dealkylation sites (tertiary alicyclic amines) is 2. The predicted molar refractivity (Wildman–Crippen MR) is 114 cm³/mol. The van der Waals surface area contributed by atoms with E-state index in [0.29, 0.717) is 30.8 Å². The smallest absolute Gasteiger partial charge is 0.224 e. The van der Waals surface area contributed by atoms with Gasteiger partial charge in [-0.3, -0.25) is 19.5 Å². The molecule has 1 atom stereocenters. The molecule has 0 aromatic carbocycles. The molecule has 3 heterocycles. The maximum atomic E-state index is 12.6. The van der Waals surface area contributed by atoms with Gasteiger partial charge in [0, 0.05) is 38.3 Å². The molecule has 0 saturated carbocycles. The molecular formula is C23H36N4O2. The van der Waals surface area contributed by atoms with Gasteiger partial charge in [-0.05, 0) is 56.7 Å². The molecule has 2 aliphatic heterocycles. The quantitative estimate of drug-likeness (QED) is 0.764. The van der Waals surface area contributed by atoms with Gasteiger partial charge in [-0.2, -0.15) is 0 Å². The van der Waals surface area contributed by atoms with Gasteiger partial charge in [0.2, 0.25) is 11.8 Å². The lowest BCUT2D eigenvalue weighted by molar-refractivity contribution is -0.133. The summed E-state index contributed by atoms with van der Waals surface area (Å²) in [7, 11) is 0. The van der Waals surface area contributed by atoms with Gasteiger partial charge in [0.25, 0.3) is 0 Å². The highest BCUT2D eigenvalue weighted by atomic mass is 16.2. The second kappa shape index (κ2) is 10.7. The van der Waals surface area contributed by atoms with Crippen LogP contribution in [0.25, 0.3) is 0 Å². The van der Waals surface area contributed by atoms with Crippen LogP contribution in [0.15, 0.2) is 24.4 Å². The number of nitrogens with zero attached hydrogens (tertiary/aromatic N) is 3. The molecule has 2 aliphatic rings. The maximum absolute atomic E-state index is 12.6. The molecule has 0 spiro atoms. The maximum Gasteiger partial charge on any atom is 0.224 e. The fourth-order valence-electron chi connectivity index (χ4n) is 4.43. The third kappa shape index (κ3) is 6.53. The van der Waals surface area contributed by atoms with Crippen LogP contribution in [-0.4, -0.2) is 58.8 Å². The Morgan fingerprint density at radius 3 is 2.66 bits per heavy atom. The molecule has 0 radical (unpaired) electrons. The lowest BCUT2D eigenvalue weighted by Gasteiger charge is -2.42. The number of piperidine rings is 2. The Labute approximate surface area is 175 Å². The molecule has 6 heteroatoms. The minimum atomic E-state index is 0.0539. The number of hydrogen-bond donors (Lipinski definition) is 1. The molecular weight excluding hydrogens is 364 g/mol. The first kappa shape index (κ1) is 21.8. The van der Waals surface area contributed by atoms with E-state index >= 15 is 0 Å². The highest BCUT2D eigenvalue weighted by molar-refractivity contribution is 5.79. The zero-order valence-electron chi connectivity index (χ0n) is 18.0. The summed E-state index contributed by atoms with van der Waals surface area (Å²) in [6.45, 7) is 8.43. The van der Waals surface area contributed by atoms with Gasteiger partial charge in [-0.15, -0.1) is 0 Å². The lowest BCUT2D eigenvalue weighted by atomic mass is 9.93. The zero-order valence-corrected chi connectivity index (χ0v) is 18.0. The average molecular weight is 401 g/mol. The summed E-state index contributed by atoms with van der Waals surface area (Å²) < 4.78 is 0. The summed E-state index contributed by atoms with van der Waals surface area (Å²) in [5.41, 5.74) is 0.892. The zero-order chi connectivity index (χ0) is 20.6. The number of pyridine rings is 1. The first-order valence-corrected chi connectivity index (χ1v) is 11.2. The van der Waals surface area contributed by atoms with E-state index in [4.69, 9.17) is 0 Å². The van der Waals surface area contributed by atoms with Crippen molar-refractivity contribution < 1.29 is 9.59 Å². The third-order valence-corrected chi connectivity index (χ3v) is 6.26. The second-order valence-corrected chi connectivity index (χ2v) is 8.92. The first-order valence-electron chi connectivity index (χ1n) is 11.2. The van der Waals surface area contributed by atoms with E-state index in [-0.39, 0.29) is 11.8 Å². The van der Waals surface area contributed by atoms with Gasteiger partial charge in [-0.25, -0.2) is 0 Å². The molecule has 2 saturated heterocycles. The van der Waals surface area contributed by atoms with Crippen molar-refractivity contribution in [1.82, 2.24) is 20.1 Å². The van der Waals surface area contributed by atoms with Crippen LogP contribution in [0.2, 0.25) is 0 Å². The molecule has 0 unspecified atom stereocenters. The number of amides is 2.